The van der Waals surface area contributed by atoms with E-state index in [0.29, 0.717) is 6.54 Å². The smallest absolute Gasteiger partial charge is 0.299 e. The van der Waals surface area contributed by atoms with Gasteiger partial charge >= 0.3 is 5.69 Å². The van der Waals surface area contributed by atoms with Gasteiger partial charge in [0.05, 0.1) is 12.0 Å². The van der Waals surface area contributed by atoms with Gasteiger partial charge in [0.25, 0.3) is 0 Å². The van der Waals surface area contributed by atoms with Crippen LogP contribution in [0.3, 0.4) is 0 Å². The minimum atomic E-state index is -0.120. The number of nitriles is 1. The van der Waals surface area contributed by atoms with Crippen LogP contribution < -0.4 is 5.69 Å². The van der Waals surface area contributed by atoms with E-state index in [1.807, 2.05) is 13.8 Å². The van der Waals surface area contributed by atoms with E-state index in [9.17, 15) is 4.79 Å². The molecule has 0 fully saturated rings. The van der Waals surface area contributed by atoms with Crippen molar-refractivity contribution in [3.8, 4) is 6.07 Å². The molecule has 0 N–H and O–H groups in total. The van der Waals surface area contributed by atoms with E-state index >= 15 is 0 Å². The molecule has 0 saturated carbocycles. The summed E-state index contributed by atoms with van der Waals surface area (Å²) in [5.74, 6) is -0.120. The highest BCUT2D eigenvalue weighted by molar-refractivity contribution is 4.86. The monoisotopic (exact) mass is 193 g/mol. The molecule has 0 aliphatic rings. The van der Waals surface area contributed by atoms with Crippen molar-refractivity contribution >= 4 is 0 Å². The van der Waals surface area contributed by atoms with Gasteiger partial charge in [-0.25, -0.2) is 4.79 Å². The lowest BCUT2D eigenvalue weighted by Crippen LogP contribution is -2.25. The zero-order valence-corrected chi connectivity index (χ0v) is 8.60. The zero-order chi connectivity index (χ0) is 10.6. The van der Waals surface area contributed by atoms with E-state index < -0.39 is 0 Å². The highest BCUT2D eigenvalue weighted by Crippen LogP contribution is 1.96. The molecule has 76 valence electrons. The predicted octanol–water partition coefficient (Wildman–Crippen LogP) is 1.22. The highest BCUT2D eigenvalue weighted by atomic mass is 16.1. The second-order valence-corrected chi connectivity index (χ2v) is 3.46. The molecule has 1 heterocycles. The van der Waals surface area contributed by atoms with E-state index in [-0.39, 0.29) is 11.6 Å². The molecule has 0 radical (unpaired) electrons. The maximum absolute atomic E-state index is 11.6. The fourth-order valence-corrected chi connectivity index (χ4v) is 1.34. The lowest BCUT2D eigenvalue weighted by Gasteiger charge is -2.02. The number of hydrogen-bond donors (Lipinski definition) is 0. The van der Waals surface area contributed by atoms with Crippen LogP contribution in [0.4, 0.5) is 0 Å². The summed E-state index contributed by atoms with van der Waals surface area (Å²) in [7, 11) is 0. The van der Waals surface area contributed by atoms with Gasteiger partial charge in [0.2, 0.25) is 0 Å². The Morgan fingerprint density at radius 2 is 2.14 bits per heavy atom. The van der Waals surface area contributed by atoms with Gasteiger partial charge in [0.15, 0.2) is 0 Å². The Bertz CT molecular complexity index is 383. The molecule has 4 nitrogen and oxygen atoms in total. The van der Waals surface area contributed by atoms with Gasteiger partial charge in [-0.15, -0.1) is 0 Å². The Morgan fingerprint density at radius 3 is 2.71 bits per heavy atom. The van der Waals surface area contributed by atoms with Gasteiger partial charge in [-0.1, -0.05) is 6.92 Å². The molecule has 0 aliphatic carbocycles. The van der Waals surface area contributed by atoms with E-state index in [0.717, 1.165) is 13.0 Å². The van der Waals surface area contributed by atoms with Crippen LogP contribution in [0.15, 0.2) is 17.2 Å². The van der Waals surface area contributed by atoms with Gasteiger partial charge < -0.3 is 0 Å². The third-order valence-electron chi connectivity index (χ3n) is 2.07. The highest BCUT2D eigenvalue weighted by Gasteiger charge is 2.05. The van der Waals surface area contributed by atoms with Crippen molar-refractivity contribution < 1.29 is 0 Å². The Balaban J connectivity index is 2.81. The van der Waals surface area contributed by atoms with Crippen molar-refractivity contribution in [3.63, 3.8) is 0 Å². The number of aryl methyl sites for hydroxylation is 1. The molecule has 0 bridgehead atoms. The van der Waals surface area contributed by atoms with Crippen molar-refractivity contribution in [2.24, 2.45) is 5.92 Å². The summed E-state index contributed by atoms with van der Waals surface area (Å²) in [6.45, 7) is 5.06. The Kier molecular flexibility index (Phi) is 3.52. The van der Waals surface area contributed by atoms with Gasteiger partial charge in [-0.05, 0) is 13.3 Å². The lowest BCUT2D eigenvalue weighted by atomic mass is 10.2. The topological polar surface area (TPSA) is 50.7 Å². The molecule has 0 spiro atoms. The van der Waals surface area contributed by atoms with Gasteiger partial charge in [-0.2, -0.15) is 5.26 Å². The van der Waals surface area contributed by atoms with E-state index in [4.69, 9.17) is 5.26 Å². The molecule has 1 rings (SSSR count). The molecule has 4 heteroatoms. The molecule has 14 heavy (non-hydrogen) atoms. The average Bonchev–Trinajstić information content (AvgIpc) is 2.50. The molecule has 0 aliphatic heterocycles. The standard InChI is InChI=1S/C10H15N3O/c1-3-4-12-5-6-13(10(12)14)8-9(2)7-11/h5-6,9H,3-4,8H2,1-2H3. The van der Waals surface area contributed by atoms with Crippen LogP contribution in [0.5, 0.6) is 0 Å². The summed E-state index contributed by atoms with van der Waals surface area (Å²) in [4.78, 5) is 11.6. The largest absolute Gasteiger partial charge is 0.328 e. The quantitative estimate of drug-likeness (QED) is 0.722. The summed E-state index contributed by atoms with van der Waals surface area (Å²) in [5.41, 5.74) is -0.0195. The summed E-state index contributed by atoms with van der Waals surface area (Å²) in [6.07, 6.45) is 4.46. The average molecular weight is 193 g/mol. The molecule has 1 aromatic rings. The van der Waals surface area contributed by atoms with Gasteiger partial charge in [0, 0.05) is 25.5 Å². The van der Waals surface area contributed by atoms with E-state index in [1.54, 1.807) is 21.5 Å². The molecule has 0 amide bonds. The number of rotatable bonds is 4. The Labute approximate surface area is 83.4 Å². The van der Waals surface area contributed by atoms with E-state index in [1.165, 1.54) is 0 Å². The molecule has 1 atom stereocenters. The molecular formula is C10H15N3O. The number of imidazole rings is 1. The van der Waals surface area contributed by atoms with Crippen LogP contribution in [-0.4, -0.2) is 9.13 Å². The number of aromatic nitrogens is 2. The van der Waals surface area contributed by atoms with Crippen molar-refractivity contribution in [2.75, 3.05) is 0 Å². The fraction of sp³-hybridized carbons (Fsp3) is 0.600. The first kappa shape index (κ1) is 10.6. The summed E-state index contributed by atoms with van der Waals surface area (Å²) >= 11 is 0. The minimum Gasteiger partial charge on any atom is -0.299 e. The van der Waals surface area contributed by atoms with Crippen LogP contribution in [0.2, 0.25) is 0 Å². The lowest BCUT2D eigenvalue weighted by molar-refractivity contribution is 0.542. The third kappa shape index (κ3) is 2.25. The van der Waals surface area contributed by atoms with Crippen LogP contribution in [0.1, 0.15) is 20.3 Å². The maximum Gasteiger partial charge on any atom is 0.328 e. The zero-order valence-electron chi connectivity index (χ0n) is 8.60. The molecule has 0 aromatic carbocycles. The Morgan fingerprint density at radius 1 is 1.50 bits per heavy atom. The van der Waals surface area contributed by atoms with E-state index in [2.05, 4.69) is 6.07 Å². The van der Waals surface area contributed by atoms with Crippen LogP contribution in [0, 0.1) is 17.2 Å². The van der Waals surface area contributed by atoms with Gasteiger partial charge in [-0.3, -0.25) is 9.13 Å². The first-order valence-corrected chi connectivity index (χ1v) is 4.84. The normalized spacial score (nSPS) is 12.4. The second-order valence-electron chi connectivity index (χ2n) is 3.46. The van der Waals surface area contributed by atoms with Crippen LogP contribution in [0.25, 0.3) is 0 Å². The van der Waals surface area contributed by atoms with Crippen molar-refractivity contribution in [3.05, 3.63) is 22.9 Å². The fourth-order valence-electron chi connectivity index (χ4n) is 1.34. The van der Waals surface area contributed by atoms with Crippen molar-refractivity contribution in [1.82, 2.24) is 9.13 Å². The first-order valence-electron chi connectivity index (χ1n) is 4.84. The Hall–Kier alpha value is -1.50. The van der Waals surface area contributed by atoms with Crippen molar-refractivity contribution in [1.29, 1.82) is 5.26 Å². The summed E-state index contributed by atoms with van der Waals surface area (Å²) < 4.78 is 3.26. The number of nitrogens with zero attached hydrogens (tertiary/aromatic N) is 3. The summed E-state index contributed by atoms with van der Waals surface area (Å²) in [6, 6.07) is 2.11. The van der Waals surface area contributed by atoms with Gasteiger partial charge in [0.1, 0.15) is 0 Å². The van der Waals surface area contributed by atoms with Crippen LogP contribution >= 0.6 is 0 Å². The predicted molar refractivity (Wildman–Crippen MR) is 53.8 cm³/mol. The van der Waals surface area contributed by atoms with Crippen molar-refractivity contribution in [2.45, 2.75) is 33.4 Å². The molecule has 1 aromatic heterocycles. The number of hydrogen-bond acceptors (Lipinski definition) is 2. The maximum atomic E-state index is 11.6. The molecule has 0 saturated heterocycles. The SMILES string of the molecule is CCCn1ccn(CC(C)C#N)c1=O. The summed E-state index contributed by atoms with van der Waals surface area (Å²) in [5, 5.41) is 8.62. The minimum absolute atomic E-state index is 0.0195. The molecular weight excluding hydrogens is 178 g/mol. The second kappa shape index (κ2) is 4.66. The molecule has 1 unspecified atom stereocenters. The van der Waals surface area contributed by atoms with Crippen LogP contribution in [-0.2, 0) is 13.1 Å². The third-order valence-corrected chi connectivity index (χ3v) is 2.07. The first-order chi connectivity index (χ1) is 6.69.